The maximum atomic E-state index is 13.4. The molecular weight excluding hydrogens is 422 g/mol. The molecule has 0 aliphatic carbocycles. The summed E-state index contributed by atoms with van der Waals surface area (Å²) in [6.07, 6.45) is 2.28. The zero-order chi connectivity index (χ0) is 22.5. The molecule has 0 atom stereocenters. The van der Waals surface area contributed by atoms with Gasteiger partial charge in [0.2, 0.25) is 0 Å². The average molecular weight is 448 g/mol. The smallest absolute Gasteiger partial charge is 0.268 e. The predicted molar refractivity (Wildman–Crippen MR) is 126 cm³/mol. The normalized spacial score (nSPS) is 14.0. The highest BCUT2D eigenvalue weighted by molar-refractivity contribution is 8.03. The lowest BCUT2D eigenvalue weighted by Crippen LogP contribution is -2.33. The Morgan fingerprint density at radius 1 is 0.938 bits per heavy atom. The van der Waals surface area contributed by atoms with Gasteiger partial charge in [0, 0.05) is 6.54 Å². The number of carbonyl (C=O) groups is 2. The van der Waals surface area contributed by atoms with Crippen LogP contribution in [0, 0.1) is 0 Å². The molecule has 1 aliphatic rings. The molecule has 2 amide bonds. The van der Waals surface area contributed by atoms with Crippen LogP contribution in [0.15, 0.2) is 82.3 Å². The van der Waals surface area contributed by atoms with Gasteiger partial charge in [-0.25, -0.2) is 0 Å². The van der Waals surface area contributed by atoms with E-state index < -0.39 is 0 Å². The highest BCUT2D eigenvalue weighted by Gasteiger charge is 2.39. The lowest BCUT2D eigenvalue weighted by atomic mass is 10.1. The zero-order valence-corrected chi connectivity index (χ0v) is 18.9. The van der Waals surface area contributed by atoms with Crippen LogP contribution in [-0.2, 0) is 21.8 Å². The summed E-state index contributed by atoms with van der Waals surface area (Å²) in [6, 6.07) is 20.9. The molecule has 0 spiro atoms. The molecular formula is C26H25NO4S. The minimum absolute atomic E-state index is 0.0580. The Kier molecular flexibility index (Phi) is 6.81. The third kappa shape index (κ3) is 4.97. The summed E-state index contributed by atoms with van der Waals surface area (Å²) in [5.74, 6) is 1.45. The van der Waals surface area contributed by atoms with Crippen molar-refractivity contribution in [3.8, 4) is 5.75 Å². The van der Waals surface area contributed by atoms with Crippen molar-refractivity contribution in [3.05, 3.63) is 94.8 Å². The van der Waals surface area contributed by atoms with E-state index in [4.69, 9.17) is 9.15 Å². The van der Waals surface area contributed by atoms with Gasteiger partial charge in [-0.05, 0) is 55.7 Å². The van der Waals surface area contributed by atoms with Crippen LogP contribution in [0.4, 0.5) is 0 Å². The number of imide groups is 1. The van der Waals surface area contributed by atoms with Crippen molar-refractivity contribution in [1.82, 2.24) is 4.90 Å². The van der Waals surface area contributed by atoms with E-state index in [-0.39, 0.29) is 17.9 Å². The molecule has 2 aromatic carbocycles. The van der Waals surface area contributed by atoms with Crippen LogP contribution in [0.3, 0.4) is 0 Å². The topological polar surface area (TPSA) is 59.8 Å². The standard InChI is InChI=1S/C26H25NO4S/c1-18(2)31-21-12-10-20(11-13-21)23-24(32-17-22-9-6-16-30-22)26(29)27(25(23)28)15-14-19-7-4-3-5-8-19/h3-13,16,18H,14-15,17H2,1-2H3. The summed E-state index contributed by atoms with van der Waals surface area (Å²) in [5, 5.41) is 0. The average Bonchev–Trinajstić information content (AvgIpc) is 3.38. The van der Waals surface area contributed by atoms with Gasteiger partial charge in [0.15, 0.2) is 0 Å². The molecule has 2 heterocycles. The maximum Gasteiger partial charge on any atom is 0.268 e. The second kappa shape index (κ2) is 9.92. The second-order valence-corrected chi connectivity index (χ2v) is 8.75. The van der Waals surface area contributed by atoms with Gasteiger partial charge in [0.25, 0.3) is 11.8 Å². The molecule has 0 bridgehead atoms. The van der Waals surface area contributed by atoms with Crippen molar-refractivity contribution in [2.75, 3.05) is 6.54 Å². The zero-order valence-electron chi connectivity index (χ0n) is 18.1. The highest BCUT2D eigenvalue weighted by Crippen LogP contribution is 2.38. The van der Waals surface area contributed by atoms with Crippen LogP contribution in [0.2, 0.25) is 0 Å². The predicted octanol–water partition coefficient (Wildman–Crippen LogP) is 5.32. The lowest BCUT2D eigenvalue weighted by Gasteiger charge is -2.15. The van der Waals surface area contributed by atoms with Crippen molar-refractivity contribution in [2.45, 2.75) is 32.1 Å². The first-order chi connectivity index (χ1) is 15.5. The van der Waals surface area contributed by atoms with Crippen LogP contribution in [-0.4, -0.2) is 29.4 Å². The molecule has 6 heteroatoms. The fraction of sp³-hybridized carbons (Fsp3) is 0.231. The van der Waals surface area contributed by atoms with Crippen molar-refractivity contribution in [3.63, 3.8) is 0 Å². The van der Waals surface area contributed by atoms with E-state index in [1.54, 1.807) is 6.26 Å². The van der Waals surface area contributed by atoms with Gasteiger partial charge in [0.05, 0.1) is 28.6 Å². The fourth-order valence-electron chi connectivity index (χ4n) is 3.54. The molecule has 1 aromatic heterocycles. The number of amides is 2. The van der Waals surface area contributed by atoms with Crippen molar-refractivity contribution >= 4 is 29.1 Å². The summed E-state index contributed by atoms with van der Waals surface area (Å²) < 4.78 is 11.1. The van der Waals surface area contributed by atoms with Gasteiger partial charge in [-0.15, -0.1) is 11.8 Å². The van der Waals surface area contributed by atoms with Gasteiger partial charge in [0.1, 0.15) is 11.5 Å². The van der Waals surface area contributed by atoms with Gasteiger partial charge in [-0.2, -0.15) is 0 Å². The Labute approximate surface area is 192 Å². The Bertz CT molecular complexity index is 1100. The van der Waals surface area contributed by atoms with Crippen molar-refractivity contribution in [1.29, 1.82) is 0 Å². The van der Waals surface area contributed by atoms with E-state index in [2.05, 4.69) is 0 Å². The number of ether oxygens (including phenoxy) is 1. The van der Waals surface area contributed by atoms with Gasteiger partial charge in [-0.3, -0.25) is 14.5 Å². The molecule has 0 N–H and O–H groups in total. The molecule has 164 valence electrons. The van der Waals surface area contributed by atoms with E-state index in [1.807, 2.05) is 80.6 Å². The molecule has 4 rings (SSSR count). The van der Waals surface area contributed by atoms with Crippen LogP contribution in [0.25, 0.3) is 5.57 Å². The first kappa shape index (κ1) is 22.0. The third-order valence-corrected chi connectivity index (χ3v) is 6.14. The summed E-state index contributed by atoms with van der Waals surface area (Å²) in [4.78, 5) is 28.4. The number of hydrogen-bond acceptors (Lipinski definition) is 5. The Morgan fingerprint density at radius 3 is 2.34 bits per heavy atom. The number of carbonyl (C=O) groups excluding carboxylic acids is 2. The van der Waals surface area contributed by atoms with E-state index in [1.165, 1.54) is 16.7 Å². The molecule has 0 fully saturated rings. The first-order valence-corrected chi connectivity index (χ1v) is 11.6. The number of hydrogen-bond donors (Lipinski definition) is 0. The largest absolute Gasteiger partial charge is 0.491 e. The molecule has 32 heavy (non-hydrogen) atoms. The van der Waals surface area contributed by atoms with Crippen molar-refractivity contribution in [2.24, 2.45) is 0 Å². The molecule has 1 aliphatic heterocycles. The number of nitrogens with zero attached hydrogens (tertiary/aromatic N) is 1. The SMILES string of the molecule is CC(C)Oc1ccc(C2=C(SCc3ccco3)C(=O)N(CCc3ccccc3)C2=O)cc1. The van der Waals surface area contributed by atoms with Gasteiger partial charge < -0.3 is 9.15 Å². The Hall–Kier alpha value is -3.25. The highest BCUT2D eigenvalue weighted by atomic mass is 32.2. The number of benzene rings is 2. The molecule has 0 radical (unpaired) electrons. The number of thioether (sulfide) groups is 1. The van der Waals surface area contributed by atoms with E-state index >= 15 is 0 Å². The van der Waals surface area contributed by atoms with Crippen LogP contribution >= 0.6 is 11.8 Å². The van der Waals surface area contributed by atoms with Gasteiger partial charge >= 0.3 is 0 Å². The van der Waals surface area contributed by atoms with Crippen molar-refractivity contribution < 1.29 is 18.7 Å². The number of furan rings is 1. The third-order valence-electron chi connectivity index (χ3n) is 5.05. The lowest BCUT2D eigenvalue weighted by molar-refractivity contribution is -0.136. The monoisotopic (exact) mass is 447 g/mol. The van der Waals surface area contributed by atoms with Crippen LogP contribution in [0.5, 0.6) is 5.75 Å². The van der Waals surface area contributed by atoms with Gasteiger partial charge in [-0.1, -0.05) is 42.5 Å². The number of rotatable bonds is 9. The second-order valence-electron chi connectivity index (χ2n) is 7.76. The molecule has 0 unspecified atom stereocenters. The first-order valence-electron chi connectivity index (χ1n) is 10.6. The summed E-state index contributed by atoms with van der Waals surface area (Å²) in [6.45, 7) is 4.26. The minimum Gasteiger partial charge on any atom is -0.491 e. The van der Waals surface area contributed by atoms with Crippen LogP contribution in [0.1, 0.15) is 30.7 Å². The molecule has 5 nitrogen and oxygen atoms in total. The summed E-state index contributed by atoms with van der Waals surface area (Å²) >= 11 is 1.34. The fourth-order valence-corrected chi connectivity index (χ4v) is 4.58. The Balaban J connectivity index is 1.59. The van der Waals surface area contributed by atoms with E-state index in [0.29, 0.717) is 34.8 Å². The maximum absolute atomic E-state index is 13.4. The van der Waals surface area contributed by atoms with E-state index in [0.717, 1.165) is 17.1 Å². The summed E-state index contributed by atoms with van der Waals surface area (Å²) in [7, 11) is 0. The molecule has 0 saturated heterocycles. The van der Waals surface area contributed by atoms with E-state index in [9.17, 15) is 9.59 Å². The minimum atomic E-state index is -0.259. The Morgan fingerprint density at radius 2 is 1.69 bits per heavy atom. The molecule has 3 aromatic rings. The molecule has 0 saturated carbocycles. The van der Waals surface area contributed by atoms with Crippen LogP contribution < -0.4 is 4.74 Å². The summed E-state index contributed by atoms with van der Waals surface area (Å²) in [5.41, 5.74) is 2.24. The quantitative estimate of drug-likeness (QED) is 0.415.